The van der Waals surface area contributed by atoms with Crippen LogP contribution in [0.4, 0.5) is 24.5 Å². The summed E-state index contributed by atoms with van der Waals surface area (Å²) in [5, 5.41) is 15.2. The number of amides is 1. The summed E-state index contributed by atoms with van der Waals surface area (Å²) in [5.41, 5.74) is 1.88. The fraction of sp³-hybridized carbons (Fsp3) is 0.375. The van der Waals surface area contributed by atoms with E-state index in [1.54, 1.807) is 13.1 Å². The molecule has 1 aromatic heterocycles. The molecule has 0 spiro atoms. The molecule has 1 aliphatic rings. The molecule has 0 unspecified atom stereocenters. The topological polar surface area (TPSA) is 70.2 Å². The van der Waals surface area contributed by atoms with Gasteiger partial charge in [-0.2, -0.15) is 10.2 Å². The van der Waals surface area contributed by atoms with Gasteiger partial charge >= 0.3 is 0 Å². The molecule has 2 heterocycles. The predicted octanol–water partition coefficient (Wildman–Crippen LogP) is 4.98. The zero-order chi connectivity index (χ0) is 23.5. The summed E-state index contributed by atoms with van der Waals surface area (Å²) in [6.07, 6.45) is 0.390. The molecular weight excluding hydrogens is 431 g/mol. The highest BCUT2D eigenvalue weighted by atomic mass is 19.3. The van der Waals surface area contributed by atoms with Crippen molar-refractivity contribution in [1.29, 1.82) is 0 Å². The number of piperidine rings is 1. The molecule has 1 fully saturated rings. The first-order valence-electron chi connectivity index (χ1n) is 10.9. The normalized spacial score (nSPS) is 15.6. The van der Waals surface area contributed by atoms with Gasteiger partial charge in [0.2, 0.25) is 5.91 Å². The van der Waals surface area contributed by atoms with E-state index in [-0.39, 0.29) is 17.5 Å². The van der Waals surface area contributed by atoms with Crippen LogP contribution in [-0.2, 0) is 4.79 Å². The van der Waals surface area contributed by atoms with Gasteiger partial charge in [0.05, 0.1) is 29.0 Å². The first-order valence-corrected chi connectivity index (χ1v) is 10.9. The van der Waals surface area contributed by atoms with Crippen molar-refractivity contribution >= 4 is 28.2 Å². The summed E-state index contributed by atoms with van der Waals surface area (Å²) in [5.74, 6) is -0.917. The van der Waals surface area contributed by atoms with E-state index in [9.17, 15) is 18.0 Å². The molecule has 6 nitrogen and oxygen atoms in total. The minimum absolute atomic E-state index is 0.0157. The quantitative estimate of drug-likeness (QED) is 0.546. The number of hydrogen-bond acceptors (Lipinski definition) is 5. The highest BCUT2D eigenvalue weighted by Crippen LogP contribution is 2.32. The molecule has 1 saturated heterocycles. The first-order chi connectivity index (χ1) is 15.8. The number of rotatable bonds is 6. The molecular formula is C24H26F3N5O. The molecule has 2 aromatic carbocycles. The van der Waals surface area contributed by atoms with Crippen molar-refractivity contribution in [2.24, 2.45) is 0 Å². The second-order valence-corrected chi connectivity index (χ2v) is 8.34. The summed E-state index contributed by atoms with van der Waals surface area (Å²) in [6, 6.07) is 9.52. The molecule has 174 valence electrons. The molecule has 0 bridgehead atoms. The van der Waals surface area contributed by atoms with Crippen molar-refractivity contribution in [3.63, 3.8) is 0 Å². The summed E-state index contributed by atoms with van der Waals surface area (Å²) >= 11 is 0. The Morgan fingerprint density at radius 3 is 2.58 bits per heavy atom. The SMILES string of the molecule is CC(=O)NC1CCN(c2ccc3nncc(N[C@H](C)c4cccc(C(F)F)c4F)c3c2)CC1. The van der Waals surface area contributed by atoms with Crippen LogP contribution in [-0.4, -0.2) is 35.2 Å². The molecule has 0 saturated carbocycles. The van der Waals surface area contributed by atoms with Crippen molar-refractivity contribution < 1.29 is 18.0 Å². The Morgan fingerprint density at radius 2 is 1.88 bits per heavy atom. The molecule has 33 heavy (non-hydrogen) atoms. The van der Waals surface area contributed by atoms with Gasteiger partial charge in [-0.05, 0) is 38.0 Å². The van der Waals surface area contributed by atoms with Crippen LogP contribution in [0.1, 0.15) is 50.3 Å². The molecule has 3 aromatic rings. The number of anilines is 2. The van der Waals surface area contributed by atoms with Gasteiger partial charge in [-0.15, -0.1) is 0 Å². The fourth-order valence-electron chi connectivity index (χ4n) is 4.31. The molecule has 4 rings (SSSR count). The summed E-state index contributed by atoms with van der Waals surface area (Å²) < 4.78 is 40.8. The average molecular weight is 458 g/mol. The molecule has 1 aliphatic heterocycles. The number of fused-ring (bicyclic) bond motifs is 1. The third-order valence-electron chi connectivity index (χ3n) is 6.02. The number of alkyl halides is 2. The van der Waals surface area contributed by atoms with Crippen molar-refractivity contribution in [2.45, 2.75) is 45.2 Å². The van der Waals surface area contributed by atoms with Gasteiger partial charge in [-0.25, -0.2) is 13.2 Å². The lowest BCUT2D eigenvalue weighted by Crippen LogP contribution is -2.44. The number of hydrogen-bond donors (Lipinski definition) is 2. The highest BCUT2D eigenvalue weighted by molar-refractivity contribution is 5.93. The van der Waals surface area contributed by atoms with Crippen LogP contribution >= 0.6 is 0 Å². The fourth-order valence-corrected chi connectivity index (χ4v) is 4.31. The summed E-state index contributed by atoms with van der Waals surface area (Å²) in [7, 11) is 0. The van der Waals surface area contributed by atoms with Crippen LogP contribution in [0.15, 0.2) is 42.6 Å². The van der Waals surface area contributed by atoms with Gasteiger partial charge in [0.15, 0.2) is 0 Å². The van der Waals surface area contributed by atoms with Crippen molar-refractivity contribution in [2.75, 3.05) is 23.3 Å². The lowest BCUT2D eigenvalue weighted by molar-refractivity contribution is -0.119. The van der Waals surface area contributed by atoms with E-state index in [2.05, 4.69) is 25.7 Å². The van der Waals surface area contributed by atoms with E-state index < -0.39 is 23.8 Å². The van der Waals surface area contributed by atoms with Gasteiger partial charge < -0.3 is 15.5 Å². The summed E-state index contributed by atoms with van der Waals surface area (Å²) in [4.78, 5) is 13.6. The zero-order valence-electron chi connectivity index (χ0n) is 18.5. The van der Waals surface area contributed by atoms with Crippen LogP contribution in [0, 0.1) is 5.82 Å². The Morgan fingerprint density at radius 1 is 1.15 bits per heavy atom. The number of benzene rings is 2. The van der Waals surface area contributed by atoms with Gasteiger partial charge in [-0.1, -0.05) is 18.2 Å². The molecule has 9 heteroatoms. The van der Waals surface area contributed by atoms with E-state index in [0.717, 1.165) is 43.1 Å². The molecule has 2 N–H and O–H groups in total. The predicted molar refractivity (Wildman–Crippen MR) is 122 cm³/mol. The monoisotopic (exact) mass is 457 g/mol. The van der Waals surface area contributed by atoms with Gasteiger partial charge in [-0.3, -0.25) is 4.79 Å². The lowest BCUT2D eigenvalue weighted by atomic mass is 10.0. The maximum atomic E-state index is 14.6. The number of carbonyl (C=O) groups is 1. The maximum absolute atomic E-state index is 14.6. The Bertz CT molecular complexity index is 1150. The molecule has 1 amide bonds. The Hall–Kier alpha value is -3.36. The van der Waals surface area contributed by atoms with Crippen LogP contribution in [0.3, 0.4) is 0 Å². The maximum Gasteiger partial charge on any atom is 0.266 e. The average Bonchev–Trinajstić information content (AvgIpc) is 2.79. The zero-order valence-corrected chi connectivity index (χ0v) is 18.5. The van der Waals surface area contributed by atoms with Gasteiger partial charge in [0, 0.05) is 42.7 Å². The van der Waals surface area contributed by atoms with Crippen LogP contribution in [0.2, 0.25) is 0 Å². The minimum atomic E-state index is -2.88. The van der Waals surface area contributed by atoms with E-state index in [4.69, 9.17) is 0 Å². The highest BCUT2D eigenvalue weighted by Gasteiger charge is 2.22. The first kappa shape index (κ1) is 22.8. The standard InChI is InChI=1S/C24H26F3N5O/c1-14(18-4-3-5-19(23(18)25)24(26)27)29-22-13-28-31-21-7-6-17(12-20(21)22)32-10-8-16(9-11-32)30-15(2)33/h3-7,12-14,16,24H,8-11H2,1-2H3,(H,29,31)(H,30,33)/t14-/m1/s1. The van der Waals surface area contributed by atoms with Crippen molar-refractivity contribution in [3.8, 4) is 0 Å². The second kappa shape index (κ2) is 9.64. The molecule has 0 radical (unpaired) electrons. The Balaban J connectivity index is 1.57. The van der Waals surface area contributed by atoms with E-state index in [0.29, 0.717) is 11.2 Å². The van der Waals surface area contributed by atoms with E-state index >= 15 is 0 Å². The Kier molecular flexibility index (Phi) is 6.67. The van der Waals surface area contributed by atoms with Crippen LogP contribution < -0.4 is 15.5 Å². The van der Waals surface area contributed by atoms with Crippen molar-refractivity contribution in [1.82, 2.24) is 15.5 Å². The Labute approximate surface area is 190 Å². The van der Waals surface area contributed by atoms with Gasteiger partial charge in [0.1, 0.15) is 5.82 Å². The minimum Gasteiger partial charge on any atom is -0.377 e. The van der Waals surface area contributed by atoms with Crippen molar-refractivity contribution in [3.05, 3.63) is 59.5 Å². The van der Waals surface area contributed by atoms with Crippen LogP contribution in [0.25, 0.3) is 10.9 Å². The number of carbonyl (C=O) groups excluding carboxylic acids is 1. The number of halogens is 3. The lowest BCUT2D eigenvalue weighted by Gasteiger charge is -2.34. The molecule has 1 atom stereocenters. The number of aromatic nitrogens is 2. The van der Waals surface area contributed by atoms with Gasteiger partial charge in [0.25, 0.3) is 6.43 Å². The van der Waals surface area contributed by atoms with E-state index in [1.165, 1.54) is 19.1 Å². The summed E-state index contributed by atoms with van der Waals surface area (Å²) in [6.45, 7) is 4.86. The third kappa shape index (κ3) is 5.02. The smallest absolute Gasteiger partial charge is 0.266 e. The number of nitrogens with zero attached hydrogens (tertiary/aromatic N) is 3. The third-order valence-corrected chi connectivity index (χ3v) is 6.02. The van der Waals surface area contributed by atoms with E-state index in [1.807, 2.05) is 18.2 Å². The second-order valence-electron chi connectivity index (χ2n) is 8.34. The van der Waals surface area contributed by atoms with Crippen LogP contribution in [0.5, 0.6) is 0 Å². The number of nitrogens with one attached hydrogen (secondary N) is 2. The molecule has 0 aliphatic carbocycles. The largest absolute Gasteiger partial charge is 0.377 e.